The van der Waals surface area contributed by atoms with Crippen molar-refractivity contribution in [2.75, 3.05) is 18.0 Å². The Kier molecular flexibility index (Phi) is 2.22. The Morgan fingerprint density at radius 2 is 2.00 bits per heavy atom. The van der Waals surface area contributed by atoms with Crippen molar-refractivity contribution in [3.05, 3.63) is 28.7 Å². The van der Waals surface area contributed by atoms with Gasteiger partial charge in [-0.05, 0) is 24.3 Å². The van der Waals surface area contributed by atoms with Gasteiger partial charge in [-0.2, -0.15) is 0 Å². The number of hydrogen-bond acceptors (Lipinski definition) is 1. The maximum absolute atomic E-state index is 11.3. The average molecular weight is 241 g/mol. The van der Waals surface area contributed by atoms with Crippen molar-refractivity contribution in [1.29, 1.82) is 0 Å². The van der Waals surface area contributed by atoms with Crippen LogP contribution >= 0.6 is 15.9 Å². The highest BCUT2D eigenvalue weighted by Gasteiger charge is 2.20. The maximum atomic E-state index is 11.3. The largest absolute Gasteiger partial charge is 0.336 e. The van der Waals surface area contributed by atoms with Crippen molar-refractivity contribution in [1.82, 2.24) is 5.32 Å². The van der Waals surface area contributed by atoms with Gasteiger partial charge in [0.25, 0.3) is 0 Å². The Hall–Kier alpha value is -1.03. The fourth-order valence-electron chi connectivity index (χ4n) is 1.34. The van der Waals surface area contributed by atoms with E-state index in [1.165, 1.54) is 0 Å². The molecule has 1 N–H and O–H groups in total. The maximum Gasteiger partial charge on any atom is 0.321 e. The van der Waals surface area contributed by atoms with Crippen LogP contribution in [0.25, 0.3) is 0 Å². The molecule has 2 rings (SSSR count). The number of hydrogen-bond donors (Lipinski definition) is 1. The zero-order valence-electron chi connectivity index (χ0n) is 6.96. The molecule has 4 heteroatoms. The van der Waals surface area contributed by atoms with Gasteiger partial charge in [-0.15, -0.1) is 0 Å². The van der Waals surface area contributed by atoms with Gasteiger partial charge in [-0.3, -0.25) is 4.90 Å². The summed E-state index contributed by atoms with van der Waals surface area (Å²) >= 11 is 3.35. The Bertz CT molecular complexity index is 323. The number of carbonyl (C=O) groups excluding carboxylic acids is 1. The van der Waals surface area contributed by atoms with Crippen LogP contribution in [0.2, 0.25) is 0 Å². The number of rotatable bonds is 1. The lowest BCUT2D eigenvalue weighted by Crippen LogP contribution is -2.27. The quantitative estimate of drug-likeness (QED) is 0.801. The van der Waals surface area contributed by atoms with Gasteiger partial charge in [-0.1, -0.05) is 15.9 Å². The third kappa shape index (κ3) is 1.67. The molecule has 13 heavy (non-hydrogen) atoms. The molecule has 0 atom stereocenters. The van der Waals surface area contributed by atoms with E-state index < -0.39 is 0 Å². The second-order valence-electron chi connectivity index (χ2n) is 2.86. The fourth-order valence-corrected chi connectivity index (χ4v) is 1.60. The lowest BCUT2D eigenvalue weighted by Gasteiger charge is -2.13. The average Bonchev–Trinajstić information content (AvgIpc) is 2.53. The predicted octanol–water partition coefficient (Wildman–Crippen LogP) is 1.98. The summed E-state index contributed by atoms with van der Waals surface area (Å²) in [6.45, 7) is 1.48. The monoisotopic (exact) mass is 240 g/mol. The van der Waals surface area contributed by atoms with E-state index in [4.69, 9.17) is 0 Å². The van der Waals surface area contributed by atoms with E-state index in [1.807, 2.05) is 24.3 Å². The van der Waals surface area contributed by atoms with E-state index in [9.17, 15) is 4.79 Å². The third-order valence-electron chi connectivity index (χ3n) is 2.00. The number of amides is 2. The van der Waals surface area contributed by atoms with Gasteiger partial charge < -0.3 is 5.32 Å². The smallest absolute Gasteiger partial charge is 0.321 e. The van der Waals surface area contributed by atoms with E-state index >= 15 is 0 Å². The highest BCUT2D eigenvalue weighted by atomic mass is 79.9. The van der Waals surface area contributed by atoms with Crippen molar-refractivity contribution >= 4 is 27.6 Å². The third-order valence-corrected chi connectivity index (χ3v) is 2.52. The van der Waals surface area contributed by atoms with Crippen LogP contribution in [0.4, 0.5) is 10.5 Å². The normalized spacial score (nSPS) is 16.1. The van der Waals surface area contributed by atoms with Crippen LogP contribution in [0.5, 0.6) is 0 Å². The van der Waals surface area contributed by atoms with Gasteiger partial charge in [-0.25, -0.2) is 4.79 Å². The van der Waals surface area contributed by atoms with Crippen LogP contribution in [-0.2, 0) is 0 Å². The molecule has 1 aliphatic heterocycles. The van der Waals surface area contributed by atoms with E-state index in [0.717, 1.165) is 23.2 Å². The second kappa shape index (κ2) is 3.38. The van der Waals surface area contributed by atoms with Crippen LogP contribution in [0.15, 0.2) is 28.7 Å². The molecule has 0 bridgehead atoms. The molecule has 0 unspecified atom stereocenters. The highest BCUT2D eigenvalue weighted by molar-refractivity contribution is 9.10. The Labute approximate surface area is 84.9 Å². The van der Waals surface area contributed by atoms with Crippen molar-refractivity contribution in [3.63, 3.8) is 0 Å². The minimum atomic E-state index is -0.0117. The summed E-state index contributed by atoms with van der Waals surface area (Å²) in [7, 11) is 0. The number of benzene rings is 1. The first-order valence-corrected chi connectivity index (χ1v) is 4.87. The minimum absolute atomic E-state index is 0.0117. The molecule has 1 aromatic rings. The highest BCUT2D eigenvalue weighted by Crippen LogP contribution is 2.19. The van der Waals surface area contributed by atoms with Crippen molar-refractivity contribution in [3.8, 4) is 0 Å². The Morgan fingerprint density at radius 1 is 1.31 bits per heavy atom. The van der Waals surface area contributed by atoms with Crippen molar-refractivity contribution < 1.29 is 4.79 Å². The van der Waals surface area contributed by atoms with E-state index in [0.29, 0.717) is 0 Å². The van der Waals surface area contributed by atoms with Crippen LogP contribution in [0.3, 0.4) is 0 Å². The number of nitrogens with one attached hydrogen (secondary N) is 1. The summed E-state index contributed by atoms with van der Waals surface area (Å²) in [6.07, 6.45) is 0. The number of nitrogens with zero attached hydrogens (tertiary/aromatic N) is 1. The molecule has 0 spiro atoms. The summed E-state index contributed by atoms with van der Waals surface area (Å²) < 4.78 is 1.02. The topological polar surface area (TPSA) is 32.3 Å². The van der Waals surface area contributed by atoms with E-state index in [-0.39, 0.29) is 6.03 Å². The molecule has 0 radical (unpaired) electrons. The van der Waals surface area contributed by atoms with Gasteiger partial charge in [0.15, 0.2) is 0 Å². The van der Waals surface area contributed by atoms with Crippen molar-refractivity contribution in [2.24, 2.45) is 0 Å². The fraction of sp³-hybridized carbons (Fsp3) is 0.222. The number of halogens is 1. The van der Waals surface area contributed by atoms with Crippen LogP contribution in [0.1, 0.15) is 0 Å². The zero-order chi connectivity index (χ0) is 9.26. The molecule has 0 aromatic heterocycles. The van der Waals surface area contributed by atoms with Gasteiger partial charge in [0.1, 0.15) is 0 Å². The molecule has 68 valence electrons. The van der Waals surface area contributed by atoms with Crippen LogP contribution < -0.4 is 10.2 Å². The summed E-state index contributed by atoms with van der Waals surface area (Å²) in [5.74, 6) is 0. The van der Waals surface area contributed by atoms with E-state index in [2.05, 4.69) is 21.2 Å². The Balaban J connectivity index is 2.25. The van der Waals surface area contributed by atoms with E-state index in [1.54, 1.807) is 4.90 Å². The second-order valence-corrected chi connectivity index (χ2v) is 3.78. The molecule has 1 heterocycles. The first-order chi connectivity index (χ1) is 6.27. The number of carbonyl (C=O) groups is 1. The number of urea groups is 1. The summed E-state index contributed by atoms with van der Waals surface area (Å²) in [5, 5.41) is 2.76. The molecule has 1 aromatic carbocycles. The van der Waals surface area contributed by atoms with Gasteiger partial charge >= 0.3 is 6.03 Å². The molecule has 1 aliphatic rings. The summed E-state index contributed by atoms with van der Waals surface area (Å²) in [4.78, 5) is 13.0. The first kappa shape index (κ1) is 8.56. The molecular formula is C9H9BrN2O. The van der Waals surface area contributed by atoms with Gasteiger partial charge in [0.05, 0.1) is 0 Å². The predicted molar refractivity (Wildman–Crippen MR) is 54.9 cm³/mol. The standard InChI is InChI=1S/C9H9BrN2O/c10-7-1-3-8(4-2-7)12-6-5-11-9(12)13/h1-4H,5-6H2,(H,11,13). The molecule has 1 saturated heterocycles. The minimum Gasteiger partial charge on any atom is -0.336 e. The Morgan fingerprint density at radius 3 is 2.54 bits per heavy atom. The zero-order valence-corrected chi connectivity index (χ0v) is 8.54. The van der Waals surface area contributed by atoms with Gasteiger partial charge in [0.2, 0.25) is 0 Å². The number of anilines is 1. The van der Waals surface area contributed by atoms with Gasteiger partial charge in [0, 0.05) is 23.2 Å². The SMILES string of the molecule is O=C1NCCN1c1ccc(Br)cc1. The van der Waals surface area contributed by atoms with Crippen LogP contribution in [0, 0.1) is 0 Å². The molecule has 1 fully saturated rings. The molecular weight excluding hydrogens is 232 g/mol. The molecule has 0 aliphatic carbocycles. The lowest BCUT2D eigenvalue weighted by molar-refractivity contribution is 0.252. The molecule has 2 amide bonds. The van der Waals surface area contributed by atoms with Crippen molar-refractivity contribution in [2.45, 2.75) is 0 Å². The summed E-state index contributed by atoms with van der Waals surface area (Å²) in [5.41, 5.74) is 0.943. The molecule has 0 saturated carbocycles. The summed E-state index contributed by atoms with van der Waals surface area (Å²) in [6, 6.07) is 7.70. The lowest BCUT2D eigenvalue weighted by atomic mass is 10.3. The van der Waals surface area contributed by atoms with Crippen LogP contribution in [-0.4, -0.2) is 19.1 Å². The first-order valence-electron chi connectivity index (χ1n) is 4.08. The molecule has 3 nitrogen and oxygen atoms in total.